The average Bonchev–Trinajstić information content (AvgIpc) is 2.41. The van der Waals surface area contributed by atoms with Crippen LogP contribution in [0.3, 0.4) is 0 Å². The third kappa shape index (κ3) is 3.96. The Labute approximate surface area is 116 Å². The first kappa shape index (κ1) is 13.4. The van der Waals surface area contributed by atoms with Gasteiger partial charge in [0.15, 0.2) is 0 Å². The zero-order chi connectivity index (χ0) is 13.7. The molecule has 4 nitrogen and oxygen atoms in total. The number of aromatic nitrogens is 1. The molecule has 1 heterocycles. The van der Waals surface area contributed by atoms with Crippen LogP contribution in [-0.2, 0) is 6.42 Å². The first-order valence-electron chi connectivity index (χ1n) is 5.83. The lowest BCUT2D eigenvalue weighted by molar-refractivity contribution is 0.0690. The molecule has 0 unspecified atom stereocenters. The quantitative estimate of drug-likeness (QED) is 0.881. The van der Waals surface area contributed by atoms with Gasteiger partial charge in [0.25, 0.3) is 0 Å². The second-order valence-corrected chi connectivity index (χ2v) is 4.48. The Bertz CT molecular complexity index is 553. The molecule has 0 radical (unpaired) electrons. The molecule has 0 atom stereocenters. The fourth-order valence-electron chi connectivity index (χ4n) is 1.63. The molecule has 0 fully saturated rings. The minimum Gasteiger partial charge on any atom is -0.477 e. The molecule has 0 aliphatic heterocycles. The van der Waals surface area contributed by atoms with E-state index in [1.807, 2.05) is 24.3 Å². The van der Waals surface area contributed by atoms with Gasteiger partial charge in [-0.15, -0.1) is 0 Å². The van der Waals surface area contributed by atoms with Crippen LogP contribution < -0.4 is 5.32 Å². The monoisotopic (exact) mass is 276 g/mol. The molecular formula is C14H13ClN2O2. The van der Waals surface area contributed by atoms with Crippen molar-refractivity contribution in [3.63, 3.8) is 0 Å². The number of benzene rings is 1. The molecule has 19 heavy (non-hydrogen) atoms. The van der Waals surface area contributed by atoms with E-state index in [1.54, 1.807) is 6.07 Å². The Kier molecular flexibility index (Phi) is 4.36. The van der Waals surface area contributed by atoms with Crippen LogP contribution in [0, 0.1) is 0 Å². The Hall–Kier alpha value is -2.07. The molecule has 0 saturated carbocycles. The minimum absolute atomic E-state index is 0.0447. The normalized spacial score (nSPS) is 10.2. The maximum absolute atomic E-state index is 10.6. The Balaban J connectivity index is 1.85. The van der Waals surface area contributed by atoms with Gasteiger partial charge < -0.3 is 10.4 Å². The molecule has 98 valence electrons. The van der Waals surface area contributed by atoms with Crippen molar-refractivity contribution in [3.05, 3.63) is 58.9 Å². The number of halogens is 1. The molecule has 0 bridgehead atoms. The number of anilines is 1. The largest absolute Gasteiger partial charge is 0.477 e. The molecule has 1 aromatic heterocycles. The smallest absolute Gasteiger partial charge is 0.354 e. The topological polar surface area (TPSA) is 62.2 Å². The van der Waals surface area contributed by atoms with E-state index in [0.717, 1.165) is 23.7 Å². The third-order valence-electron chi connectivity index (χ3n) is 2.64. The summed E-state index contributed by atoms with van der Waals surface area (Å²) in [5, 5.41) is 12.6. The Morgan fingerprint density at radius 2 is 1.95 bits per heavy atom. The summed E-state index contributed by atoms with van der Waals surface area (Å²) in [7, 11) is 0. The fourth-order valence-corrected chi connectivity index (χ4v) is 1.75. The summed E-state index contributed by atoms with van der Waals surface area (Å²) in [5.41, 5.74) is 2.04. The van der Waals surface area contributed by atoms with Crippen molar-refractivity contribution >= 4 is 23.3 Å². The van der Waals surface area contributed by atoms with Crippen molar-refractivity contribution < 1.29 is 9.90 Å². The summed E-state index contributed by atoms with van der Waals surface area (Å²) in [6, 6.07) is 10.9. The molecule has 0 saturated heterocycles. The van der Waals surface area contributed by atoms with Crippen molar-refractivity contribution in [1.29, 1.82) is 0 Å². The van der Waals surface area contributed by atoms with Crippen LogP contribution in [0.25, 0.3) is 0 Å². The third-order valence-corrected chi connectivity index (χ3v) is 2.89. The van der Waals surface area contributed by atoms with Gasteiger partial charge in [0.1, 0.15) is 5.69 Å². The van der Waals surface area contributed by atoms with Gasteiger partial charge in [0.05, 0.1) is 11.9 Å². The first-order chi connectivity index (χ1) is 9.15. The number of pyridine rings is 1. The predicted molar refractivity (Wildman–Crippen MR) is 74.8 cm³/mol. The SMILES string of the molecule is O=C(O)c1ccc(NCCc2ccc(Cl)cc2)cn1. The zero-order valence-corrected chi connectivity index (χ0v) is 10.9. The summed E-state index contributed by atoms with van der Waals surface area (Å²) < 4.78 is 0. The van der Waals surface area contributed by atoms with Gasteiger partial charge in [0, 0.05) is 11.6 Å². The molecule has 0 spiro atoms. The van der Waals surface area contributed by atoms with E-state index >= 15 is 0 Å². The number of carbonyl (C=O) groups is 1. The van der Waals surface area contributed by atoms with E-state index in [9.17, 15) is 4.79 Å². The first-order valence-corrected chi connectivity index (χ1v) is 6.20. The number of rotatable bonds is 5. The number of hydrogen-bond donors (Lipinski definition) is 2. The highest BCUT2D eigenvalue weighted by Crippen LogP contribution is 2.11. The molecular weight excluding hydrogens is 264 g/mol. The van der Waals surface area contributed by atoms with Crippen molar-refractivity contribution in [2.45, 2.75) is 6.42 Å². The van der Waals surface area contributed by atoms with Gasteiger partial charge in [-0.2, -0.15) is 0 Å². The lowest BCUT2D eigenvalue weighted by Gasteiger charge is -2.06. The summed E-state index contributed by atoms with van der Waals surface area (Å²) >= 11 is 5.81. The summed E-state index contributed by atoms with van der Waals surface area (Å²) in [4.78, 5) is 14.5. The van der Waals surface area contributed by atoms with Crippen LogP contribution in [0.15, 0.2) is 42.6 Å². The van der Waals surface area contributed by atoms with Gasteiger partial charge in [0.2, 0.25) is 0 Å². The second kappa shape index (κ2) is 6.20. The van der Waals surface area contributed by atoms with Crippen LogP contribution in [-0.4, -0.2) is 22.6 Å². The lowest BCUT2D eigenvalue weighted by atomic mass is 10.1. The summed E-state index contributed by atoms with van der Waals surface area (Å²) in [6.45, 7) is 0.746. The van der Waals surface area contributed by atoms with E-state index in [0.29, 0.717) is 0 Å². The molecule has 1 aromatic carbocycles. The van der Waals surface area contributed by atoms with Gasteiger partial charge in [-0.25, -0.2) is 9.78 Å². The molecule has 0 amide bonds. The van der Waals surface area contributed by atoms with Gasteiger partial charge in [-0.3, -0.25) is 0 Å². The van der Waals surface area contributed by atoms with Gasteiger partial charge in [-0.1, -0.05) is 23.7 Å². The Morgan fingerprint density at radius 3 is 2.53 bits per heavy atom. The van der Waals surface area contributed by atoms with Crippen LogP contribution in [0.5, 0.6) is 0 Å². The number of hydrogen-bond acceptors (Lipinski definition) is 3. The Morgan fingerprint density at radius 1 is 1.21 bits per heavy atom. The summed E-state index contributed by atoms with van der Waals surface area (Å²) in [5.74, 6) is -1.02. The molecule has 2 N–H and O–H groups in total. The highest BCUT2D eigenvalue weighted by Gasteiger charge is 2.03. The van der Waals surface area contributed by atoms with Gasteiger partial charge in [-0.05, 0) is 36.2 Å². The van der Waals surface area contributed by atoms with Crippen molar-refractivity contribution in [2.24, 2.45) is 0 Å². The standard InChI is InChI=1S/C14H13ClN2O2/c15-11-3-1-10(2-4-11)7-8-16-12-5-6-13(14(18)19)17-9-12/h1-6,9,16H,7-8H2,(H,18,19). The maximum atomic E-state index is 10.6. The predicted octanol–water partition coefficient (Wildman–Crippen LogP) is 3.09. The zero-order valence-electron chi connectivity index (χ0n) is 10.1. The van der Waals surface area contributed by atoms with E-state index in [-0.39, 0.29) is 5.69 Å². The van der Waals surface area contributed by atoms with Crippen molar-refractivity contribution in [2.75, 3.05) is 11.9 Å². The van der Waals surface area contributed by atoms with Crippen molar-refractivity contribution in [3.8, 4) is 0 Å². The number of nitrogens with zero attached hydrogens (tertiary/aromatic N) is 1. The maximum Gasteiger partial charge on any atom is 0.354 e. The average molecular weight is 277 g/mol. The number of aromatic carboxylic acids is 1. The van der Waals surface area contributed by atoms with E-state index in [2.05, 4.69) is 10.3 Å². The van der Waals surface area contributed by atoms with Crippen molar-refractivity contribution in [1.82, 2.24) is 4.98 Å². The molecule has 2 aromatic rings. The molecule has 0 aliphatic carbocycles. The highest BCUT2D eigenvalue weighted by atomic mass is 35.5. The number of carboxylic acids is 1. The van der Waals surface area contributed by atoms with Crippen LogP contribution >= 0.6 is 11.6 Å². The number of nitrogens with one attached hydrogen (secondary N) is 1. The number of carboxylic acid groups (broad SMARTS) is 1. The second-order valence-electron chi connectivity index (χ2n) is 4.04. The van der Waals surface area contributed by atoms with Crippen LogP contribution in [0.2, 0.25) is 5.02 Å². The fraction of sp³-hybridized carbons (Fsp3) is 0.143. The van der Waals surface area contributed by atoms with Crippen LogP contribution in [0.4, 0.5) is 5.69 Å². The van der Waals surface area contributed by atoms with Gasteiger partial charge >= 0.3 is 5.97 Å². The van der Waals surface area contributed by atoms with E-state index in [1.165, 1.54) is 17.8 Å². The van der Waals surface area contributed by atoms with E-state index in [4.69, 9.17) is 16.7 Å². The van der Waals surface area contributed by atoms with Crippen LogP contribution in [0.1, 0.15) is 16.1 Å². The minimum atomic E-state index is -1.02. The molecule has 2 rings (SSSR count). The lowest BCUT2D eigenvalue weighted by Crippen LogP contribution is -2.06. The molecule has 0 aliphatic rings. The summed E-state index contributed by atoms with van der Waals surface area (Å²) in [6.07, 6.45) is 2.38. The molecule has 5 heteroatoms. The highest BCUT2D eigenvalue weighted by molar-refractivity contribution is 6.30. The van der Waals surface area contributed by atoms with E-state index < -0.39 is 5.97 Å².